The van der Waals surface area contributed by atoms with Crippen LogP contribution in [0.5, 0.6) is 0 Å². The topological polar surface area (TPSA) is 165 Å². The largest absolute Gasteiger partial charge is 0.455 e. The van der Waals surface area contributed by atoms with Crippen molar-refractivity contribution in [2.24, 2.45) is 11.8 Å². The lowest BCUT2D eigenvalue weighted by Crippen LogP contribution is -2.56. The molecular formula is C38H44N6O8. The van der Waals surface area contributed by atoms with Crippen molar-refractivity contribution in [3.8, 4) is 0 Å². The first kappa shape index (κ1) is 35.5. The molecular weight excluding hydrogens is 668 g/mol. The van der Waals surface area contributed by atoms with Crippen molar-refractivity contribution in [3.05, 3.63) is 84.5 Å². The fraction of sp³-hybridized carbons (Fsp3) is 0.474. The van der Waals surface area contributed by atoms with Gasteiger partial charge in [-0.2, -0.15) is 0 Å². The van der Waals surface area contributed by atoms with Crippen LogP contribution < -0.4 is 5.32 Å². The van der Waals surface area contributed by atoms with Crippen LogP contribution >= 0.6 is 0 Å². The number of hydrogen-bond acceptors (Lipinski definition) is 10. The van der Waals surface area contributed by atoms with Crippen LogP contribution in [-0.2, 0) is 40.1 Å². The molecule has 274 valence electrons. The minimum atomic E-state index is -1.41. The number of aromatic nitrogens is 3. The Morgan fingerprint density at radius 1 is 1.00 bits per heavy atom. The molecule has 7 rings (SSSR count). The smallest absolute Gasteiger partial charge is 0.313 e. The molecule has 0 radical (unpaired) electrons. The Morgan fingerprint density at radius 3 is 2.62 bits per heavy atom. The number of hydrogen-bond donors (Lipinski definition) is 2. The number of fused-ring (bicyclic) bond motifs is 3. The lowest BCUT2D eigenvalue weighted by atomic mass is 9.74. The molecule has 52 heavy (non-hydrogen) atoms. The first-order chi connectivity index (χ1) is 25.4. The predicted octanol–water partition coefficient (Wildman–Crippen LogP) is 2.30. The summed E-state index contributed by atoms with van der Waals surface area (Å²) in [7, 11) is 1.51. The van der Waals surface area contributed by atoms with Crippen molar-refractivity contribution in [2.75, 3.05) is 33.4 Å². The van der Waals surface area contributed by atoms with Crippen LogP contribution in [-0.4, -0.2) is 111 Å². The van der Waals surface area contributed by atoms with Crippen molar-refractivity contribution >= 4 is 34.7 Å². The van der Waals surface area contributed by atoms with Crippen LogP contribution in [0.1, 0.15) is 43.8 Å². The maximum absolute atomic E-state index is 15.0. The monoisotopic (exact) mass is 712 g/mol. The van der Waals surface area contributed by atoms with Gasteiger partial charge in [0.2, 0.25) is 11.8 Å². The molecule has 2 aromatic carbocycles. The van der Waals surface area contributed by atoms with Crippen LogP contribution in [0.25, 0.3) is 11.0 Å². The summed E-state index contributed by atoms with van der Waals surface area (Å²) in [6.45, 7) is 0.504. The number of amides is 3. The van der Waals surface area contributed by atoms with E-state index in [9.17, 15) is 19.5 Å². The molecule has 5 bridgehead atoms. The second-order valence-corrected chi connectivity index (χ2v) is 13.7. The molecule has 0 aliphatic carbocycles. The van der Waals surface area contributed by atoms with E-state index in [2.05, 4.69) is 15.6 Å². The van der Waals surface area contributed by atoms with Gasteiger partial charge in [-0.25, -0.2) is 4.68 Å². The first-order valence-electron chi connectivity index (χ1n) is 17.9. The molecule has 14 heteroatoms. The number of aliphatic hydroxyl groups excluding tert-OH is 1. The summed E-state index contributed by atoms with van der Waals surface area (Å²) in [5, 5.41) is 21.0. The zero-order chi connectivity index (χ0) is 36.2. The second-order valence-electron chi connectivity index (χ2n) is 13.7. The number of cyclic esters (lactones) is 1. The summed E-state index contributed by atoms with van der Waals surface area (Å²) in [4.78, 5) is 60.4. The minimum absolute atomic E-state index is 0.0172. The van der Waals surface area contributed by atoms with Crippen LogP contribution in [0.2, 0.25) is 0 Å². The fourth-order valence-corrected chi connectivity index (χ4v) is 8.03. The molecule has 7 atom stereocenters. The number of carbonyl (C=O) groups is 4. The molecule has 3 amide bonds. The van der Waals surface area contributed by atoms with E-state index in [-0.39, 0.29) is 57.1 Å². The number of aliphatic hydroxyl groups is 1. The average Bonchev–Trinajstić information content (AvgIpc) is 3.91. The van der Waals surface area contributed by atoms with Gasteiger partial charge in [-0.05, 0) is 43.4 Å². The van der Waals surface area contributed by atoms with Crippen molar-refractivity contribution in [1.82, 2.24) is 30.1 Å². The molecule has 5 heterocycles. The molecule has 4 aliphatic heterocycles. The highest BCUT2D eigenvalue weighted by Gasteiger charge is 2.73. The van der Waals surface area contributed by atoms with Crippen molar-refractivity contribution in [3.63, 3.8) is 0 Å². The van der Waals surface area contributed by atoms with Crippen molar-refractivity contribution in [2.45, 2.75) is 68.7 Å². The molecule has 0 unspecified atom stereocenters. The maximum atomic E-state index is 15.0. The molecule has 1 aromatic heterocycles. The standard InChI is InChI=1S/C38H44N6O8/c1-50-23-27-33(25-13-5-2-6-14-25)51-37(49)31-29-18-19-38(52-29)32(31)35(47)43(21-11-4-12-22-45)34(38)36(48)42(20-10-3-7-17-30(46)39-27)24-44-28-16-9-8-15-26(28)40-41-44/h2-3,5-6,8-10,13-16,18-19,27,29,31-34,45H,4,7,11-12,17,20-24H2,1H3,(H,39,46)/b10-3-/t27-,29+,31-,32-,33-,34+,38-/m0/s1. The number of nitrogens with one attached hydrogen (secondary N) is 1. The Morgan fingerprint density at radius 2 is 1.81 bits per heavy atom. The summed E-state index contributed by atoms with van der Waals surface area (Å²) >= 11 is 0. The van der Waals surface area contributed by atoms with Gasteiger partial charge in [0.05, 0.1) is 30.2 Å². The number of methoxy groups -OCH3 is 1. The van der Waals surface area contributed by atoms with E-state index in [1.165, 1.54) is 7.11 Å². The lowest BCUT2D eigenvalue weighted by Gasteiger charge is -2.35. The number of unbranched alkanes of at least 4 members (excludes halogenated alkanes) is 2. The summed E-state index contributed by atoms with van der Waals surface area (Å²) < 4.78 is 20.0. The fourth-order valence-electron chi connectivity index (χ4n) is 8.03. The van der Waals surface area contributed by atoms with Gasteiger partial charge in [0.25, 0.3) is 5.91 Å². The Hall–Kier alpha value is -4.92. The van der Waals surface area contributed by atoms with E-state index in [1.807, 2.05) is 66.7 Å². The molecule has 2 fully saturated rings. The van der Waals surface area contributed by atoms with E-state index < -0.39 is 47.7 Å². The molecule has 14 nitrogen and oxygen atoms in total. The number of esters is 1. The summed E-state index contributed by atoms with van der Waals surface area (Å²) in [6, 6.07) is 14.7. The van der Waals surface area contributed by atoms with E-state index in [4.69, 9.17) is 14.2 Å². The van der Waals surface area contributed by atoms with Crippen LogP contribution in [0.4, 0.5) is 0 Å². The number of rotatable bonds is 10. The second kappa shape index (κ2) is 15.4. The quantitative estimate of drug-likeness (QED) is 0.181. The Bertz CT molecular complexity index is 1850. The predicted molar refractivity (Wildman–Crippen MR) is 187 cm³/mol. The third-order valence-corrected chi connectivity index (χ3v) is 10.4. The van der Waals surface area contributed by atoms with Gasteiger partial charge < -0.3 is 34.4 Å². The van der Waals surface area contributed by atoms with E-state index in [1.54, 1.807) is 26.6 Å². The Kier molecular flexibility index (Phi) is 10.5. The average molecular weight is 713 g/mol. The number of ether oxygens (including phenoxy) is 3. The van der Waals surface area contributed by atoms with Gasteiger partial charge >= 0.3 is 5.97 Å². The summed E-state index contributed by atoms with van der Waals surface area (Å²) in [6.07, 6.45) is 7.75. The Balaban J connectivity index is 1.29. The number of carbonyl (C=O) groups excluding carboxylic acids is 4. The van der Waals surface area contributed by atoms with Crippen molar-refractivity contribution in [1.29, 1.82) is 0 Å². The van der Waals surface area contributed by atoms with Gasteiger partial charge in [0.15, 0.2) is 0 Å². The number of benzene rings is 2. The van der Waals surface area contributed by atoms with Gasteiger partial charge in [-0.1, -0.05) is 72.0 Å². The van der Waals surface area contributed by atoms with E-state index in [0.29, 0.717) is 36.8 Å². The van der Waals surface area contributed by atoms with Gasteiger partial charge in [0.1, 0.15) is 35.9 Å². The van der Waals surface area contributed by atoms with Crippen LogP contribution in [0, 0.1) is 11.8 Å². The molecule has 1 spiro atoms. The highest BCUT2D eigenvalue weighted by molar-refractivity contribution is 5.99. The van der Waals surface area contributed by atoms with Gasteiger partial charge in [-0.15, -0.1) is 5.10 Å². The molecule has 0 saturated carbocycles. The highest BCUT2D eigenvalue weighted by Crippen LogP contribution is 2.56. The molecule has 3 aromatic rings. The zero-order valence-electron chi connectivity index (χ0n) is 29.1. The number of nitrogens with zero attached hydrogens (tertiary/aromatic N) is 5. The number of likely N-dealkylation sites (tertiary alicyclic amines) is 1. The Labute approximate surface area is 301 Å². The van der Waals surface area contributed by atoms with Crippen molar-refractivity contribution < 1.29 is 38.5 Å². The highest BCUT2D eigenvalue weighted by atomic mass is 16.6. The first-order valence-corrected chi connectivity index (χ1v) is 17.9. The summed E-state index contributed by atoms with van der Waals surface area (Å²) in [5.41, 5.74) is 0.642. The zero-order valence-corrected chi connectivity index (χ0v) is 29.1. The minimum Gasteiger partial charge on any atom is -0.455 e. The third-order valence-electron chi connectivity index (χ3n) is 10.4. The number of allylic oxidation sites excluding steroid dienone is 1. The number of para-hydroxylation sites is 1. The third kappa shape index (κ3) is 6.61. The lowest BCUT2D eigenvalue weighted by molar-refractivity contribution is -0.162. The molecule has 2 N–H and O–H groups in total. The van der Waals surface area contributed by atoms with Gasteiger partial charge in [-0.3, -0.25) is 19.2 Å². The molecule has 4 aliphatic rings. The van der Waals surface area contributed by atoms with Gasteiger partial charge in [0, 0.05) is 33.2 Å². The summed E-state index contributed by atoms with van der Waals surface area (Å²) in [5.74, 6) is -3.71. The van der Waals surface area contributed by atoms with E-state index in [0.717, 1.165) is 5.52 Å². The van der Waals surface area contributed by atoms with E-state index >= 15 is 4.79 Å². The normalized spacial score (nSPS) is 29.8. The van der Waals surface area contributed by atoms with Crippen LogP contribution in [0.3, 0.4) is 0 Å². The molecule has 2 saturated heterocycles. The SMILES string of the molecule is COC[C@@H]1NC(=O)CC/C=C\CN(Cn2nnc3ccccc32)C(=O)[C@H]2N(CCCCCO)C(=O)[C@@H]3[C@@H](C(=O)O[C@H]1c1ccccc1)[C@H]1C=C[C@]32O1. The maximum Gasteiger partial charge on any atom is 0.313 e. The van der Waals surface area contributed by atoms with Crippen LogP contribution in [0.15, 0.2) is 78.9 Å².